The quantitative estimate of drug-likeness (QED) is 0.709. The summed E-state index contributed by atoms with van der Waals surface area (Å²) < 4.78 is 24.8. The van der Waals surface area contributed by atoms with E-state index in [0.717, 1.165) is 12.1 Å². The largest absolute Gasteiger partial charge is 0.479 e. The zero-order valence-electron chi connectivity index (χ0n) is 14.7. The van der Waals surface area contributed by atoms with E-state index in [2.05, 4.69) is 0 Å². The standard InChI is InChI=1S/C20H19FO6/c1-12(2)19(24)18(16(22)23)17(26-18,13-6-4-3-5-7-13)20(25,27-19)14-8-10-15(21)11-9-14/h3-12,24-25H,1-2H3,(H,22,23). The molecule has 0 aromatic heterocycles. The van der Waals surface area contributed by atoms with Crippen LogP contribution in [0.2, 0.25) is 0 Å². The number of carboxylic acid groups (broad SMARTS) is 1. The Kier molecular flexibility index (Phi) is 3.58. The van der Waals surface area contributed by atoms with Crippen molar-refractivity contribution in [2.45, 2.75) is 36.6 Å². The molecular weight excluding hydrogens is 355 g/mol. The molecule has 4 rings (SSSR count). The second-order valence-corrected chi connectivity index (χ2v) is 7.24. The van der Waals surface area contributed by atoms with Gasteiger partial charge in [-0.25, -0.2) is 9.18 Å². The summed E-state index contributed by atoms with van der Waals surface area (Å²) in [6.45, 7) is 3.14. The third-order valence-corrected chi connectivity index (χ3v) is 5.54. The smallest absolute Gasteiger partial charge is 0.345 e. The number of benzene rings is 2. The zero-order valence-corrected chi connectivity index (χ0v) is 14.7. The molecule has 0 bridgehead atoms. The Morgan fingerprint density at radius 1 is 0.963 bits per heavy atom. The summed E-state index contributed by atoms with van der Waals surface area (Å²) in [7, 11) is 0. The molecule has 142 valence electrons. The SMILES string of the molecule is CC(C)C1(O)OC(O)(c2ccc(F)cc2)C2(c3ccccc3)OC12C(=O)O. The molecule has 0 spiro atoms. The lowest BCUT2D eigenvalue weighted by Crippen LogP contribution is -2.54. The van der Waals surface area contributed by atoms with Gasteiger partial charge in [0, 0.05) is 11.5 Å². The first-order valence-electron chi connectivity index (χ1n) is 8.56. The Labute approximate surface area is 154 Å². The number of ether oxygens (including phenoxy) is 2. The maximum absolute atomic E-state index is 13.4. The summed E-state index contributed by atoms with van der Waals surface area (Å²) in [6.07, 6.45) is 0. The van der Waals surface area contributed by atoms with Crippen LogP contribution in [0.1, 0.15) is 25.0 Å². The van der Waals surface area contributed by atoms with Crippen LogP contribution in [0.3, 0.4) is 0 Å². The Hall–Kier alpha value is -2.32. The van der Waals surface area contributed by atoms with Crippen LogP contribution in [-0.2, 0) is 25.7 Å². The van der Waals surface area contributed by atoms with Gasteiger partial charge in [0.1, 0.15) is 5.82 Å². The number of aliphatic hydroxyl groups is 2. The molecule has 4 unspecified atom stereocenters. The Balaban J connectivity index is 2.02. The maximum Gasteiger partial charge on any atom is 0.345 e. The molecule has 0 aliphatic carbocycles. The maximum atomic E-state index is 13.4. The van der Waals surface area contributed by atoms with Gasteiger partial charge in [-0.3, -0.25) is 0 Å². The lowest BCUT2D eigenvalue weighted by molar-refractivity contribution is -0.367. The summed E-state index contributed by atoms with van der Waals surface area (Å²) in [4.78, 5) is 12.3. The number of rotatable bonds is 4. The normalized spacial score (nSPS) is 37.3. The van der Waals surface area contributed by atoms with Crippen LogP contribution in [-0.4, -0.2) is 32.7 Å². The molecule has 0 saturated carbocycles. The van der Waals surface area contributed by atoms with E-state index in [1.165, 1.54) is 12.1 Å². The molecule has 2 aliphatic rings. The molecule has 27 heavy (non-hydrogen) atoms. The molecule has 2 aliphatic heterocycles. The van der Waals surface area contributed by atoms with E-state index in [9.17, 15) is 24.5 Å². The minimum absolute atomic E-state index is 0.0763. The molecule has 2 fully saturated rings. The van der Waals surface area contributed by atoms with Gasteiger partial charge in [0.2, 0.25) is 11.6 Å². The van der Waals surface area contributed by atoms with Crippen molar-refractivity contribution in [3.63, 3.8) is 0 Å². The van der Waals surface area contributed by atoms with Gasteiger partial charge in [-0.15, -0.1) is 0 Å². The van der Waals surface area contributed by atoms with Crippen LogP contribution < -0.4 is 0 Å². The summed E-state index contributed by atoms with van der Waals surface area (Å²) >= 11 is 0. The van der Waals surface area contributed by atoms with Gasteiger partial charge in [0.05, 0.1) is 0 Å². The molecule has 2 aromatic carbocycles. The van der Waals surface area contributed by atoms with E-state index in [0.29, 0.717) is 5.56 Å². The van der Waals surface area contributed by atoms with Crippen molar-refractivity contribution >= 4 is 5.97 Å². The van der Waals surface area contributed by atoms with Gasteiger partial charge >= 0.3 is 5.97 Å². The molecule has 6 nitrogen and oxygen atoms in total. The molecular formula is C20H19FO6. The average molecular weight is 374 g/mol. The molecule has 3 N–H and O–H groups in total. The fourth-order valence-corrected chi connectivity index (χ4v) is 4.15. The number of hydrogen-bond acceptors (Lipinski definition) is 5. The van der Waals surface area contributed by atoms with Crippen molar-refractivity contribution in [1.29, 1.82) is 0 Å². The Morgan fingerprint density at radius 3 is 2.07 bits per heavy atom. The third-order valence-electron chi connectivity index (χ3n) is 5.54. The first-order chi connectivity index (χ1) is 12.7. The highest BCUT2D eigenvalue weighted by Crippen LogP contribution is 2.76. The molecule has 7 heteroatoms. The molecule has 0 radical (unpaired) electrons. The minimum Gasteiger partial charge on any atom is -0.479 e. The van der Waals surface area contributed by atoms with E-state index in [4.69, 9.17) is 9.47 Å². The monoisotopic (exact) mass is 374 g/mol. The number of hydrogen-bond donors (Lipinski definition) is 3. The predicted octanol–water partition coefficient (Wildman–Crippen LogP) is 2.09. The van der Waals surface area contributed by atoms with Crippen molar-refractivity contribution in [2.75, 3.05) is 0 Å². The highest BCUT2D eigenvalue weighted by molar-refractivity contribution is 5.87. The number of aliphatic carboxylic acids is 1. The van der Waals surface area contributed by atoms with Crippen LogP contribution in [0.25, 0.3) is 0 Å². The fourth-order valence-electron chi connectivity index (χ4n) is 4.15. The number of carboxylic acids is 1. The van der Waals surface area contributed by atoms with E-state index in [1.54, 1.807) is 44.2 Å². The molecule has 2 aromatic rings. The van der Waals surface area contributed by atoms with Crippen molar-refractivity contribution in [1.82, 2.24) is 0 Å². The number of epoxide rings is 1. The highest BCUT2D eigenvalue weighted by Gasteiger charge is 2.98. The lowest BCUT2D eigenvalue weighted by atomic mass is 9.74. The first kappa shape index (κ1) is 18.1. The van der Waals surface area contributed by atoms with Crippen LogP contribution in [0.15, 0.2) is 54.6 Å². The van der Waals surface area contributed by atoms with Crippen molar-refractivity contribution in [3.05, 3.63) is 71.5 Å². The lowest BCUT2D eigenvalue weighted by Gasteiger charge is -2.36. The highest BCUT2D eigenvalue weighted by atomic mass is 19.1. The number of halogens is 1. The van der Waals surface area contributed by atoms with E-state index >= 15 is 0 Å². The van der Waals surface area contributed by atoms with E-state index in [1.807, 2.05) is 0 Å². The summed E-state index contributed by atoms with van der Waals surface area (Å²) in [5, 5.41) is 32.8. The summed E-state index contributed by atoms with van der Waals surface area (Å²) in [5.74, 6) is -7.39. The van der Waals surface area contributed by atoms with Crippen molar-refractivity contribution in [2.24, 2.45) is 5.92 Å². The number of fused-ring (bicyclic) bond motifs is 1. The van der Waals surface area contributed by atoms with Gasteiger partial charge < -0.3 is 24.8 Å². The van der Waals surface area contributed by atoms with Crippen LogP contribution in [0, 0.1) is 11.7 Å². The zero-order chi connectivity index (χ0) is 19.7. The van der Waals surface area contributed by atoms with Crippen LogP contribution in [0.4, 0.5) is 4.39 Å². The predicted molar refractivity (Wildman–Crippen MR) is 90.7 cm³/mol. The van der Waals surface area contributed by atoms with Gasteiger partial charge in [-0.1, -0.05) is 56.3 Å². The minimum atomic E-state index is -2.35. The third kappa shape index (κ3) is 1.89. The van der Waals surface area contributed by atoms with Crippen LogP contribution in [0.5, 0.6) is 0 Å². The van der Waals surface area contributed by atoms with E-state index in [-0.39, 0.29) is 5.56 Å². The Morgan fingerprint density at radius 2 is 1.56 bits per heavy atom. The van der Waals surface area contributed by atoms with Gasteiger partial charge in [-0.2, -0.15) is 0 Å². The molecule has 0 amide bonds. The Bertz CT molecular complexity index is 900. The molecule has 4 atom stereocenters. The summed E-state index contributed by atoms with van der Waals surface area (Å²) in [5.41, 5.74) is -3.72. The second kappa shape index (κ2) is 5.36. The molecule has 2 saturated heterocycles. The summed E-state index contributed by atoms with van der Waals surface area (Å²) in [6, 6.07) is 13.0. The van der Waals surface area contributed by atoms with Crippen molar-refractivity contribution in [3.8, 4) is 0 Å². The van der Waals surface area contributed by atoms with Crippen LogP contribution >= 0.6 is 0 Å². The topological polar surface area (TPSA) is 99.5 Å². The van der Waals surface area contributed by atoms with Crippen molar-refractivity contribution < 1.29 is 34.0 Å². The van der Waals surface area contributed by atoms with Gasteiger partial charge in [0.15, 0.2) is 5.60 Å². The first-order valence-corrected chi connectivity index (χ1v) is 8.56. The van der Waals surface area contributed by atoms with Gasteiger partial charge in [-0.05, 0) is 17.7 Å². The fraction of sp³-hybridized carbons (Fsp3) is 0.350. The second-order valence-electron chi connectivity index (χ2n) is 7.24. The number of carbonyl (C=O) groups is 1. The molecule has 2 heterocycles. The average Bonchev–Trinajstić information content (AvgIpc) is 3.33. The van der Waals surface area contributed by atoms with Gasteiger partial charge in [0.25, 0.3) is 5.60 Å². The van der Waals surface area contributed by atoms with E-state index < -0.39 is 40.5 Å².